The molecular weight excluding hydrogens is 288 g/mol. The second kappa shape index (κ2) is 6.32. The highest BCUT2D eigenvalue weighted by atomic mass is 16.5. The first-order chi connectivity index (χ1) is 11.1. The fourth-order valence-corrected chi connectivity index (χ4v) is 3.17. The van der Waals surface area contributed by atoms with Crippen molar-refractivity contribution < 1.29 is 9.94 Å². The van der Waals surface area contributed by atoms with Gasteiger partial charge in [-0.1, -0.05) is 11.2 Å². The molecule has 3 rings (SSSR count). The molecule has 0 spiro atoms. The van der Waals surface area contributed by atoms with Gasteiger partial charge >= 0.3 is 0 Å². The largest absolute Gasteiger partial charge is 0.496 e. The van der Waals surface area contributed by atoms with Crippen LogP contribution in [0.3, 0.4) is 0 Å². The molecule has 0 fully saturated rings. The van der Waals surface area contributed by atoms with Gasteiger partial charge in [-0.3, -0.25) is 0 Å². The Bertz CT molecular complexity index is 753. The van der Waals surface area contributed by atoms with Gasteiger partial charge in [-0.25, -0.2) is 0 Å². The highest BCUT2D eigenvalue weighted by molar-refractivity contribution is 5.99. The molecular formula is C19H22N2O2. The van der Waals surface area contributed by atoms with E-state index in [1.54, 1.807) is 14.0 Å². The Balaban J connectivity index is 2.10. The van der Waals surface area contributed by atoms with Gasteiger partial charge in [-0.05, 0) is 66.8 Å². The van der Waals surface area contributed by atoms with Crippen LogP contribution in [-0.2, 0) is 6.42 Å². The molecule has 23 heavy (non-hydrogen) atoms. The maximum Gasteiger partial charge on any atom is 0.126 e. The van der Waals surface area contributed by atoms with E-state index in [2.05, 4.69) is 35.3 Å². The molecule has 120 valence electrons. The van der Waals surface area contributed by atoms with Crippen molar-refractivity contribution in [3.63, 3.8) is 0 Å². The number of aryl methyl sites for hydroxylation is 1. The van der Waals surface area contributed by atoms with Crippen molar-refractivity contribution >= 4 is 11.4 Å². The number of nitrogens with zero attached hydrogens (tertiary/aromatic N) is 2. The molecule has 0 saturated carbocycles. The fraction of sp³-hybridized carbons (Fsp3) is 0.316. The number of anilines is 1. The first-order valence-corrected chi connectivity index (χ1v) is 7.85. The van der Waals surface area contributed by atoms with E-state index < -0.39 is 0 Å². The summed E-state index contributed by atoms with van der Waals surface area (Å²) >= 11 is 0. The predicted octanol–water partition coefficient (Wildman–Crippen LogP) is 3.94. The Morgan fingerprint density at radius 3 is 2.78 bits per heavy atom. The van der Waals surface area contributed by atoms with Crippen LogP contribution in [0.5, 0.6) is 5.75 Å². The summed E-state index contributed by atoms with van der Waals surface area (Å²) in [5, 5.41) is 12.3. The Morgan fingerprint density at radius 2 is 2.04 bits per heavy atom. The highest BCUT2D eigenvalue weighted by Crippen LogP contribution is 2.35. The molecule has 0 radical (unpaired) electrons. The highest BCUT2D eigenvalue weighted by Gasteiger charge is 2.16. The summed E-state index contributed by atoms with van der Waals surface area (Å²) < 4.78 is 5.52. The lowest BCUT2D eigenvalue weighted by molar-refractivity contribution is 0.319. The molecule has 1 heterocycles. The summed E-state index contributed by atoms with van der Waals surface area (Å²) in [6.07, 6.45) is 2.28. The van der Waals surface area contributed by atoms with Crippen molar-refractivity contribution in [3.8, 4) is 16.9 Å². The number of hydrogen-bond donors (Lipinski definition) is 1. The zero-order valence-corrected chi connectivity index (χ0v) is 13.8. The molecule has 0 amide bonds. The SMILES string of the molecule is COc1ccc(/C(C)=N/O)cc1-c1ccc2c(c1)CCCN2C. The molecule has 0 saturated heterocycles. The van der Waals surface area contributed by atoms with Crippen LogP contribution in [0.4, 0.5) is 5.69 Å². The summed E-state index contributed by atoms with van der Waals surface area (Å²) in [5.41, 5.74) is 6.30. The minimum Gasteiger partial charge on any atom is -0.496 e. The van der Waals surface area contributed by atoms with Crippen molar-refractivity contribution in [3.05, 3.63) is 47.5 Å². The molecule has 0 atom stereocenters. The van der Waals surface area contributed by atoms with Crippen LogP contribution in [0.2, 0.25) is 0 Å². The van der Waals surface area contributed by atoms with Crippen LogP contribution in [0.1, 0.15) is 24.5 Å². The van der Waals surface area contributed by atoms with Crippen molar-refractivity contribution in [2.45, 2.75) is 19.8 Å². The van der Waals surface area contributed by atoms with E-state index in [4.69, 9.17) is 9.94 Å². The van der Waals surface area contributed by atoms with Crippen molar-refractivity contribution in [1.29, 1.82) is 0 Å². The van der Waals surface area contributed by atoms with Crippen LogP contribution >= 0.6 is 0 Å². The molecule has 0 bridgehead atoms. The molecule has 2 aromatic rings. The second-order valence-electron chi connectivity index (χ2n) is 5.97. The summed E-state index contributed by atoms with van der Waals surface area (Å²) in [7, 11) is 3.82. The minimum atomic E-state index is 0.589. The van der Waals surface area contributed by atoms with Gasteiger partial charge in [-0.2, -0.15) is 0 Å². The normalized spacial score (nSPS) is 14.6. The Kier molecular flexibility index (Phi) is 4.24. The third-order valence-corrected chi connectivity index (χ3v) is 4.51. The maximum absolute atomic E-state index is 9.01. The fourth-order valence-electron chi connectivity index (χ4n) is 3.17. The maximum atomic E-state index is 9.01. The van der Waals surface area contributed by atoms with E-state index in [1.165, 1.54) is 17.7 Å². The number of ether oxygens (including phenoxy) is 1. The average Bonchev–Trinajstić information content (AvgIpc) is 2.60. The summed E-state index contributed by atoms with van der Waals surface area (Å²) in [5.74, 6) is 0.823. The van der Waals surface area contributed by atoms with E-state index in [0.717, 1.165) is 35.4 Å². The average molecular weight is 310 g/mol. The second-order valence-corrected chi connectivity index (χ2v) is 5.97. The van der Waals surface area contributed by atoms with Crippen LogP contribution in [0.15, 0.2) is 41.6 Å². The molecule has 2 aromatic carbocycles. The number of fused-ring (bicyclic) bond motifs is 1. The van der Waals surface area contributed by atoms with Gasteiger partial charge < -0.3 is 14.8 Å². The van der Waals surface area contributed by atoms with Crippen LogP contribution in [0.25, 0.3) is 11.1 Å². The van der Waals surface area contributed by atoms with Crippen molar-refractivity contribution in [2.75, 3.05) is 25.6 Å². The van der Waals surface area contributed by atoms with Gasteiger partial charge in [0.15, 0.2) is 0 Å². The standard InChI is InChI=1S/C19H22N2O2/c1-13(20-22)14-7-9-19(23-3)17(12-14)15-6-8-18-16(11-15)5-4-10-21(18)2/h6-9,11-12,22H,4-5,10H2,1-3H3/b20-13+. The third kappa shape index (κ3) is 2.89. The number of oxime groups is 1. The lowest BCUT2D eigenvalue weighted by Gasteiger charge is -2.28. The smallest absolute Gasteiger partial charge is 0.126 e. The molecule has 0 aromatic heterocycles. The Morgan fingerprint density at radius 1 is 1.22 bits per heavy atom. The van der Waals surface area contributed by atoms with Crippen molar-refractivity contribution in [1.82, 2.24) is 0 Å². The predicted molar refractivity (Wildman–Crippen MR) is 94.0 cm³/mol. The number of methoxy groups -OCH3 is 1. The van der Waals surface area contributed by atoms with E-state index in [9.17, 15) is 0 Å². The van der Waals surface area contributed by atoms with Gasteiger partial charge in [0.25, 0.3) is 0 Å². The minimum absolute atomic E-state index is 0.589. The first-order valence-electron chi connectivity index (χ1n) is 7.85. The van der Waals surface area contributed by atoms with Crippen LogP contribution in [0, 0.1) is 0 Å². The van der Waals surface area contributed by atoms with Gasteiger partial charge in [-0.15, -0.1) is 0 Å². The quantitative estimate of drug-likeness (QED) is 0.530. The van der Waals surface area contributed by atoms with E-state index in [1.807, 2.05) is 18.2 Å². The topological polar surface area (TPSA) is 45.1 Å². The van der Waals surface area contributed by atoms with Gasteiger partial charge in [0, 0.05) is 24.8 Å². The van der Waals surface area contributed by atoms with Crippen molar-refractivity contribution in [2.24, 2.45) is 5.16 Å². The summed E-state index contributed by atoms with van der Waals surface area (Å²) in [6, 6.07) is 12.4. The summed E-state index contributed by atoms with van der Waals surface area (Å²) in [6.45, 7) is 2.89. The number of rotatable bonds is 3. The molecule has 4 nitrogen and oxygen atoms in total. The van der Waals surface area contributed by atoms with Gasteiger partial charge in [0.1, 0.15) is 5.75 Å². The third-order valence-electron chi connectivity index (χ3n) is 4.51. The first kappa shape index (κ1) is 15.4. The number of benzene rings is 2. The molecule has 0 aliphatic carbocycles. The lowest BCUT2D eigenvalue weighted by atomic mass is 9.94. The van der Waals surface area contributed by atoms with Gasteiger partial charge in [0.2, 0.25) is 0 Å². The Labute approximate surface area is 137 Å². The van der Waals surface area contributed by atoms with E-state index >= 15 is 0 Å². The molecule has 1 N–H and O–H groups in total. The Hall–Kier alpha value is -2.49. The number of hydrogen-bond acceptors (Lipinski definition) is 4. The zero-order chi connectivity index (χ0) is 16.4. The van der Waals surface area contributed by atoms with Crippen LogP contribution < -0.4 is 9.64 Å². The molecule has 4 heteroatoms. The van der Waals surface area contributed by atoms with E-state index in [0.29, 0.717) is 5.71 Å². The monoisotopic (exact) mass is 310 g/mol. The van der Waals surface area contributed by atoms with E-state index in [-0.39, 0.29) is 0 Å². The van der Waals surface area contributed by atoms with Crippen LogP contribution in [-0.4, -0.2) is 31.6 Å². The lowest BCUT2D eigenvalue weighted by Crippen LogP contribution is -2.24. The van der Waals surface area contributed by atoms with Gasteiger partial charge in [0.05, 0.1) is 12.8 Å². The molecule has 0 unspecified atom stereocenters. The zero-order valence-electron chi connectivity index (χ0n) is 13.8. The molecule has 1 aliphatic heterocycles. The summed E-state index contributed by atoms with van der Waals surface area (Å²) in [4.78, 5) is 2.30. The molecule has 1 aliphatic rings.